The van der Waals surface area contributed by atoms with Crippen molar-refractivity contribution in [3.05, 3.63) is 59.7 Å². The van der Waals surface area contributed by atoms with Crippen molar-refractivity contribution in [3.63, 3.8) is 0 Å². The van der Waals surface area contributed by atoms with Crippen LogP contribution in [0.3, 0.4) is 0 Å². The fraction of sp³-hybridized carbons (Fsp3) is 0.385. The summed E-state index contributed by atoms with van der Waals surface area (Å²) in [6, 6.07) is 16.9. The summed E-state index contributed by atoms with van der Waals surface area (Å²) in [6.07, 6.45) is 0. The highest BCUT2D eigenvalue weighted by Gasteiger charge is 2.24. The quantitative estimate of drug-likeness (QED) is 0.521. The number of hydrogen-bond donors (Lipinski definition) is 1. The van der Waals surface area contributed by atoms with Crippen LogP contribution in [0.2, 0.25) is 0 Å². The average molecular weight is 392 g/mol. The number of aromatic amines is 1. The van der Waals surface area contributed by atoms with Crippen LogP contribution in [0, 0.1) is 0 Å². The highest BCUT2D eigenvalue weighted by Crippen LogP contribution is 2.42. The van der Waals surface area contributed by atoms with Gasteiger partial charge in [0.2, 0.25) is 0 Å². The van der Waals surface area contributed by atoms with Gasteiger partial charge in [-0.15, -0.1) is 0 Å². The van der Waals surface area contributed by atoms with E-state index in [1.807, 2.05) is 0 Å². The van der Waals surface area contributed by atoms with Crippen molar-refractivity contribution >= 4 is 0 Å². The maximum absolute atomic E-state index is 5.84. The van der Waals surface area contributed by atoms with Crippen molar-refractivity contribution in [1.29, 1.82) is 0 Å². The highest BCUT2D eigenvalue weighted by atomic mass is 16.5. The van der Waals surface area contributed by atoms with Crippen LogP contribution in [0.1, 0.15) is 52.7 Å². The summed E-state index contributed by atoms with van der Waals surface area (Å²) in [7, 11) is 3.49. The van der Waals surface area contributed by atoms with Gasteiger partial charge in [-0.05, 0) is 35.1 Å². The smallest absolute Gasteiger partial charge is 0.131 e. The number of H-pyrrole nitrogens is 1. The molecule has 0 amide bonds. The Morgan fingerprint density at radius 3 is 1.28 bits per heavy atom. The summed E-state index contributed by atoms with van der Waals surface area (Å²) >= 11 is 0. The van der Waals surface area contributed by atoms with Crippen molar-refractivity contribution in [1.82, 2.24) is 4.98 Å². The molecule has 1 N–H and O–H groups in total. The average Bonchev–Trinajstić information content (AvgIpc) is 3.15. The lowest BCUT2D eigenvalue weighted by atomic mass is 9.85. The summed E-state index contributed by atoms with van der Waals surface area (Å²) in [5.74, 6) is 1.84. The molecule has 0 bridgehead atoms. The van der Waals surface area contributed by atoms with Crippen molar-refractivity contribution in [2.75, 3.05) is 14.2 Å². The predicted molar refractivity (Wildman–Crippen MR) is 122 cm³/mol. The van der Waals surface area contributed by atoms with E-state index in [1.165, 1.54) is 11.1 Å². The number of benzene rings is 2. The largest absolute Gasteiger partial charge is 0.496 e. The van der Waals surface area contributed by atoms with Crippen LogP contribution in [0.4, 0.5) is 0 Å². The van der Waals surface area contributed by atoms with Gasteiger partial charge in [-0.2, -0.15) is 0 Å². The Morgan fingerprint density at radius 2 is 0.966 bits per heavy atom. The molecule has 0 unspecified atom stereocenters. The molecule has 154 valence electrons. The number of hydrogen-bond acceptors (Lipinski definition) is 2. The SMILES string of the molecule is COc1c(-c2ccc(-c3cccc(C(C)(C)C)c3OC)[nH]2)cccc1C(C)(C)C. The van der Waals surface area contributed by atoms with Crippen LogP contribution >= 0.6 is 0 Å². The van der Waals surface area contributed by atoms with Crippen LogP contribution < -0.4 is 9.47 Å². The van der Waals surface area contributed by atoms with Gasteiger partial charge in [0.1, 0.15) is 11.5 Å². The maximum Gasteiger partial charge on any atom is 0.131 e. The molecule has 0 saturated heterocycles. The van der Waals surface area contributed by atoms with Crippen LogP contribution in [0.25, 0.3) is 22.5 Å². The van der Waals surface area contributed by atoms with E-state index in [0.717, 1.165) is 34.0 Å². The van der Waals surface area contributed by atoms with E-state index >= 15 is 0 Å². The third kappa shape index (κ3) is 4.05. The molecule has 0 saturated carbocycles. The van der Waals surface area contributed by atoms with E-state index in [2.05, 4.69) is 95.1 Å². The Morgan fingerprint density at radius 1 is 0.586 bits per heavy atom. The number of rotatable bonds is 4. The number of para-hydroxylation sites is 2. The lowest BCUT2D eigenvalue weighted by Gasteiger charge is -2.24. The van der Waals surface area contributed by atoms with Gasteiger partial charge in [-0.25, -0.2) is 0 Å². The van der Waals surface area contributed by atoms with E-state index in [-0.39, 0.29) is 10.8 Å². The summed E-state index contributed by atoms with van der Waals surface area (Å²) in [6.45, 7) is 13.2. The third-order valence-electron chi connectivity index (χ3n) is 5.32. The molecular formula is C26H33NO2. The first kappa shape index (κ1) is 21.0. The number of ether oxygens (including phenoxy) is 2. The Hall–Kier alpha value is -2.68. The molecular weight excluding hydrogens is 358 g/mol. The first-order valence-electron chi connectivity index (χ1n) is 10.1. The number of methoxy groups -OCH3 is 2. The lowest BCUT2D eigenvalue weighted by molar-refractivity contribution is 0.399. The Bertz CT molecular complexity index is 920. The van der Waals surface area contributed by atoms with Crippen LogP contribution in [0.15, 0.2) is 48.5 Å². The topological polar surface area (TPSA) is 34.2 Å². The monoisotopic (exact) mass is 391 g/mol. The van der Waals surface area contributed by atoms with Gasteiger partial charge in [0.15, 0.2) is 0 Å². The standard InChI is InChI=1S/C26H33NO2/c1-25(2,3)19-13-9-11-17(23(19)28-7)21-15-16-22(27-21)18-12-10-14-20(24(18)29-8)26(4,5)6/h9-16,27H,1-8H3. The second kappa shape index (κ2) is 7.62. The van der Waals surface area contributed by atoms with E-state index in [0.29, 0.717) is 0 Å². The molecule has 3 rings (SSSR count). The molecule has 0 fully saturated rings. The summed E-state index contributed by atoms with van der Waals surface area (Å²) in [5, 5.41) is 0. The van der Waals surface area contributed by atoms with Crippen molar-refractivity contribution in [2.45, 2.75) is 52.4 Å². The molecule has 3 nitrogen and oxygen atoms in total. The van der Waals surface area contributed by atoms with Crippen molar-refractivity contribution in [2.24, 2.45) is 0 Å². The maximum atomic E-state index is 5.84. The Labute approximate surface area is 175 Å². The van der Waals surface area contributed by atoms with Gasteiger partial charge < -0.3 is 14.5 Å². The minimum atomic E-state index is 0.00103. The molecule has 3 aromatic rings. The number of nitrogens with one attached hydrogen (secondary N) is 1. The third-order valence-corrected chi connectivity index (χ3v) is 5.32. The van der Waals surface area contributed by atoms with E-state index in [1.54, 1.807) is 14.2 Å². The molecule has 1 aromatic heterocycles. The van der Waals surface area contributed by atoms with Crippen molar-refractivity contribution in [3.8, 4) is 34.0 Å². The molecule has 0 aliphatic rings. The zero-order valence-corrected chi connectivity index (χ0v) is 18.9. The van der Waals surface area contributed by atoms with Crippen molar-refractivity contribution < 1.29 is 9.47 Å². The molecule has 0 spiro atoms. The minimum absolute atomic E-state index is 0.00103. The molecule has 3 heteroatoms. The first-order valence-corrected chi connectivity index (χ1v) is 10.1. The molecule has 29 heavy (non-hydrogen) atoms. The van der Waals surface area contributed by atoms with Crippen LogP contribution in [-0.4, -0.2) is 19.2 Å². The minimum Gasteiger partial charge on any atom is -0.496 e. The van der Waals surface area contributed by atoms with Gasteiger partial charge in [-0.1, -0.05) is 65.8 Å². The second-order valence-corrected chi connectivity index (χ2v) is 9.56. The van der Waals surface area contributed by atoms with E-state index in [9.17, 15) is 0 Å². The van der Waals surface area contributed by atoms with Gasteiger partial charge in [-0.3, -0.25) is 0 Å². The highest BCUT2D eigenvalue weighted by molar-refractivity contribution is 5.77. The molecule has 0 atom stereocenters. The normalized spacial score (nSPS) is 12.1. The van der Waals surface area contributed by atoms with Gasteiger partial charge >= 0.3 is 0 Å². The van der Waals surface area contributed by atoms with E-state index in [4.69, 9.17) is 9.47 Å². The second-order valence-electron chi connectivity index (χ2n) is 9.56. The molecule has 2 aromatic carbocycles. The number of aromatic nitrogens is 1. The summed E-state index contributed by atoms with van der Waals surface area (Å²) in [4.78, 5) is 3.59. The van der Waals surface area contributed by atoms with Gasteiger partial charge in [0.25, 0.3) is 0 Å². The zero-order valence-electron chi connectivity index (χ0n) is 18.9. The first-order chi connectivity index (χ1) is 13.6. The predicted octanol–water partition coefficient (Wildman–Crippen LogP) is 6.96. The lowest BCUT2D eigenvalue weighted by Crippen LogP contribution is -2.13. The fourth-order valence-corrected chi connectivity index (χ4v) is 3.83. The summed E-state index contributed by atoms with van der Waals surface area (Å²) in [5.41, 5.74) is 6.59. The van der Waals surface area contributed by atoms with Gasteiger partial charge in [0, 0.05) is 33.6 Å². The fourth-order valence-electron chi connectivity index (χ4n) is 3.83. The van der Waals surface area contributed by atoms with Gasteiger partial charge in [0.05, 0.1) is 14.2 Å². The zero-order chi connectivity index (χ0) is 21.4. The molecule has 0 radical (unpaired) electrons. The summed E-state index contributed by atoms with van der Waals surface area (Å²) < 4.78 is 11.7. The Balaban J connectivity index is 2.13. The molecule has 0 aliphatic heterocycles. The molecule has 1 heterocycles. The molecule has 0 aliphatic carbocycles. The van der Waals surface area contributed by atoms with Crippen LogP contribution in [0.5, 0.6) is 11.5 Å². The van der Waals surface area contributed by atoms with Crippen LogP contribution in [-0.2, 0) is 10.8 Å². The van der Waals surface area contributed by atoms with E-state index < -0.39 is 0 Å². The Kier molecular flexibility index (Phi) is 5.53.